The van der Waals surface area contributed by atoms with E-state index in [9.17, 15) is 13.2 Å². The van der Waals surface area contributed by atoms with Gasteiger partial charge in [-0.2, -0.15) is 13.2 Å². The molecule has 0 aliphatic heterocycles. The van der Waals surface area contributed by atoms with Crippen molar-refractivity contribution in [2.75, 3.05) is 7.05 Å². The van der Waals surface area contributed by atoms with Crippen LogP contribution in [0.1, 0.15) is 44.1 Å². The smallest absolute Gasteiger partial charge is 0.419 e. The Morgan fingerprint density at radius 1 is 1.05 bits per heavy atom. The maximum atomic E-state index is 13.0. The lowest BCUT2D eigenvalue weighted by Crippen LogP contribution is -2.42. The Balaban J connectivity index is 2.18. The number of halogens is 3. The molecular formula is C16H22F3NO. The second-order valence-electron chi connectivity index (χ2n) is 5.54. The number of hydrogen-bond acceptors (Lipinski definition) is 2. The average molecular weight is 301 g/mol. The minimum absolute atomic E-state index is 0.0594. The van der Waals surface area contributed by atoms with Crippen LogP contribution in [0, 0.1) is 0 Å². The Bertz CT molecular complexity index is 447. The largest absolute Gasteiger partial charge is 0.488 e. The van der Waals surface area contributed by atoms with Crippen molar-refractivity contribution >= 4 is 0 Å². The van der Waals surface area contributed by atoms with Crippen LogP contribution < -0.4 is 10.1 Å². The topological polar surface area (TPSA) is 21.3 Å². The summed E-state index contributed by atoms with van der Waals surface area (Å²) in [7, 11) is 1.85. The molecule has 1 aliphatic carbocycles. The number of likely N-dealkylation sites (N-methyl/N-ethyl adjacent to an activating group) is 1. The normalized spacial score (nSPS) is 24.2. The monoisotopic (exact) mass is 301 g/mol. The van der Waals surface area contributed by atoms with Gasteiger partial charge < -0.3 is 10.1 Å². The number of rotatable bonds is 3. The van der Waals surface area contributed by atoms with Crippen LogP contribution in [0.2, 0.25) is 0 Å². The minimum atomic E-state index is -4.38. The number of benzene rings is 1. The van der Waals surface area contributed by atoms with E-state index in [1.807, 2.05) is 7.05 Å². The molecule has 0 radical (unpaired) electrons. The second-order valence-corrected chi connectivity index (χ2v) is 5.54. The molecule has 1 fully saturated rings. The molecule has 1 aliphatic rings. The van der Waals surface area contributed by atoms with Crippen LogP contribution in [-0.4, -0.2) is 19.2 Å². The molecule has 1 saturated carbocycles. The van der Waals surface area contributed by atoms with Gasteiger partial charge in [0.15, 0.2) is 0 Å². The Labute approximate surface area is 123 Å². The van der Waals surface area contributed by atoms with E-state index >= 15 is 0 Å². The van der Waals surface area contributed by atoms with Crippen LogP contribution in [0.4, 0.5) is 13.2 Å². The number of nitrogens with one attached hydrogen (secondary N) is 1. The second kappa shape index (κ2) is 7.16. The maximum absolute atomic E-state index is 13.0. The molecule has 118 valence electrons. The first-order valence-corrected chi connectivity index (χ1v) is 7.52. The summed E-state index contributed by atoms with van der Waals surface area (Å²) in [5.41, 5.74) is -0.693. The van der Waals surface area contributed by atoms with Crippen LogP contribution in [-0.2, 0) is 6.18 Å². The van der Waals surface area contributed by atoms with Crippen molar-refractivity contribution in [2.24, 2.45) is 0 Å². The first-order valence-electron chi connectivity index (χ1n) is 7.52. The van der Waals surface area contributed by atoms with E-state index in [-0.39, 0.29) is 17.9 Å². The summed E-state index contributed by atoms with van der Waals surface area (Å²) in [6, 6.07) is 5.57. The highest BCUT2D eigenvalue weighted by Crippen LogP contribution is 2.37. The van der Waals surface area contributed by atoms with E-state index in [0.717, 1.165) is 38.2 Å². The van der Waals surface area contributed by atoms with Gasteiger partial charge in [-0.1, -0.05) is 31.4 Å². The molecular weight excluding hydrogens is 279 g/mol. The number of para-hydroxylation sites is 1. The molecule has 5 heteroatoms. The molecule has 2 rings (SSSR count). The van der Waals surface area contributed by atoms with Crippen molar-refractivity contribution in [3.63, 3.8) is 0 Å². The van der Waals surface area contributed by atoms with Crippen molar-refractivity contribution in [2.45, 2.75) is 56.8 Å². The molecule has 0 bridgehead atoms. The highest BCUT2D eigenvalue weighted by Gasteiger charge is 2.35. The molecule has 0 saturated heterocycles. The molecule has 0 aromatic heterocycles. The Morgan fingerprint density at radius 3 is 2.38 bits per heavy atom. The van der Waals surface area contributed by atoms with Gasteiger partial charge in [-0.15, -0.1) is 0 Å². The highest BCUT2D eigenvalue weighted by molar-refractivity contribution is 5.35. The van der Waals surface area contributed by atoms with Crippen LogP contribution in [0.15, 0.2) is 24.3 Å². The van der Waals surface area contributed by atoms with Crippen molar-refractivity contribution in [1.82, 2.24) is 5.32 Å². The van der Waals surface area contributed by atoms with Crippen molar-refractivity contribution < 1.29 is 17.9 Å². The van der Waals surface area contributed by atoms with Crippen molar-refractivity contribution in [1.29, 1.82) is 0 Å². The third-order valence-electron chi connectivity index (χ3n) is 4.04. The number of alkyl halides is 3. The van der Waals surface area contributed by atoms with Gasteiger partial charge >= 0.3 is 6.18 Å². The highest BCUT2D eigenvalue weighted by atomic mass is 19.4. The summed E-state index contributed by atoms with van der Waals surface area (Å²) < 4.78 is 44.9. The molecule has 0 heterocycles. The van der Waals surface area contributed by atoms with Gasteiger partial charge in [-0.05, 0) is 38.4 Å². The van der Waals surface area contributed by atoms with Gasteiger partial charge in [0.05, 0.1) is 5.56 Å². The van der Waals surface area contributed by atoms with Crippen molar-refractivity contribution in [3.05, 3.63) is 29.8 Å². The Morgan fingerprint density at radius 2 is 1.71 bits per heavy atom. The van der Waals surface area contributed by atoms with E-state index in [0.29, 0.717) is 0 Å². The van der Waals surface area contributed by atoms with E-state index in [4.69, 9.17) is 4.74 Å². The van der Waals surface area contributed by atoms with Crippen LogP contribution in [0.5, 0.6) is 5.75 Å². The molecule has 2 atom stereocenters. The fourth-order valence-corrected chi connectivity index (χ4v) is 2.89. The van der Waals surface area contributed by atoms with Gasteiger partial charge in [0.1, 0.15) is 11.9 Å². The third kappa shape index (κ3) is 4.37. The van der Waals surface area contributed by atoms with E-state index < -0.39 is 11.7 Å². The molecule has 1 aromatic carbocycles. The van der Waals surface area contributed by atoms with Gasteiger partial charge in [0.25, 0.3) is 0 Å². The molecule has 1 aromatic rings. The van der Waals surface area contributed by atoms with E-state index in [1.54, 1.807) is 6.07 Å². The molecule has 0 spiro atoms. The summed E-state index contributed by atoms with van der Waals surface area (Å²) >= 11 is 0. The summed E-state index contributed by atoms with van der Waals surface area (Å²) in [6.07, 6.45) is 1.53. The van der Waals surface area contributed by atoms with Crippen LogP contribution in [0.25, 0.3) is 0 Å². The zero-order valence-corrected chi connectivity index (χ0v) is 12.2. The van der Waals surface area contributed by atoms with E-state index in [1.165, 1.54) is 18.6 Å². The zero-order chi connectivity index (χ0) is 15.3. The number of ether oxygens (including phenoxy) is 1. The van der Waals surface area contributed by atoms with Crippen LogP contribution >= 0.6 is 0 Å². The quantitative estimate of drug-likeness (QED) is 0.893. The predicted octanol–water partition coefficient (Wildman–Crippen LogP) is 4.40. The van der Waals surface area contributed by atoms with Gasteiger partial charge in [-0.3, -0.25) is 0 Å². The molecule has 1 N–H and O–H groups in total. The summed E-state index contributed by atoms with van der Waals surface area (Å²) in [5.74, 6) is -0.0594. The van der Waals surface area contributed by atoms with Gasteiger partial charge in [0, 0.05) is 6.04 Å². The van der Waals surface area contributed by atoms with Crippen molar-refractivity contribution in [3.8, 4) is 5.75 Å². The first-order chi connectivity index (χ1) is 10.0. The minimum Gasteiger partial charge on any atom is -0.488 e. The average Bonchev–Trinajstić information content (AvgIpc) is 2.42. The summed E-state index contributed by atoms with van der Waals surface area (Å²) in [5, 5.41) is 3.19. The van der Waals surface area contributed by atoms with Gasteiger partial charge in [-0.25, -0.2) is 0 Å². The molecule has 0 amide bonds. The molecule has 2 nitrogen and oxygen atoms in total. The lowest BCUT2D eigenvalue weighted by Gasteiger charge is -2.30. The van der Waals surface area contributed by atoms with E-state index in [2.05, 4.69) is 5.32 Å². The number of hydrogen-bond donors (Lipinski definition) is 1. The SMILES string of the molecule is CNC1CCCCCCC1Oc1ccccc1C(F)(F)F. The third-order valence-corrected chi connectivity index (χ3v) is 4.04. The fraction of sp³-hybridized carbons (Fsp3) is 0.625. The fourth-order valence-electron chi connectivity index (χ4n) is 2.89. The lowest BCUT2D eigenvalue weighted by molar-refractivity contribution is -0.139. The Kier molecular flexibility index (Phi) is 5.51. The summed E-state index contributed by atoms with van der Waals surface area (Å²) in [6.45, 7) is 0. The summed E-state index contributed by atoms with van der Waals surface area (Å²) in [4.78, 5) is 0. The molecule has 21 heavy (non-hydrogen) atoms. The zero-order valence-electron chi connectivity index (χ0n) is 12.2. The maximum Gasteiger partial charge on any atom is 0.419 e. The lowest BCUT2D eigenvalue weighted by atomic mass is 9.94. The van der Waals surface area contributed by atoms with Gasteiger partial charge in [0.2, 0.25) is 0 Å². The van der Waals surface area contributed by atoms with Crippen LogP contribution in [0.3, 0.4) is 0 Å². The Hall–Kier alpha value is -1.23. The molecule has 2 unspecified atom stereocenters. The standard InChI is InChI=1S/C16H22F3NO/c1-20-13-9-4-2-3-5-11-15(13)21-14-10-7-6-8-12(14)16(17,18)19/h6-8,10,13,15,20H,2-5,9,11H2,1H3. The predicted molar refractivity (Wildman–Crippen MR) is 76.4 cm³/mol. The first kappa shape index (κ1) is 16.1.